The largest absolute Gasteiger partial charge is 0.303 e. The van der Waals surface area contributed by atoms with Crippen molar-refractivity contribution in [1.82, 2.24) is 14.1 Å². The molecular weight excluding hydrogens is 346 g/mol. The van der Waals surface area contributed by atoms with Crippen molar-refractivity contribution in [2.24, 2.45) is 5.92 Å². The molecule has 0 unspecified atom stereocenters. The van der Waals surface area contributed by atoms with Gasteiger partial charge >= 0.3 is 0 Å². The van der Waals surface area contributed by atoms with Crippen molar-refractivity contribution in [3.8, 4) is 0 Å². The minimum atomic E-state index is -3.21. The molecule has 0 N–H and O–H groups in total. The first kappa shape index (κ1) is 18.4. The molecule has 0 saturated carbocycles. The molecule has 0 spiro atoms. The van der Waals surface area contributed by atoms with Gasteiger partial charge in [0.25, 0.3) is 0 Å². The molecule has 3 aliphatic heterocycles. The predicted molar refractivity (Wildman–Crippen MR) is 104 cm³/mol. The molecule has 1 aromatic rings. The molecule has 0 bridgehead atoms. The van der Waals surface area contributed by atoms with E-state index in [-0.39, 0.29) is 5.75 Å². The van der Waals surface area contributed by atoms with Crippen LogP contribution in [0.2, 0.25) is 0 Å². The first-order valence-electron chi connectivity index (χ1n) is 10.1. The Morgan fingerprint density at radius 1 is 1.04 bits per heavy atom. The lowest BCUT2D eigenvalue weighted by molar-refractivity contribution is -0.0168. The first-order valence-corrected chi connectivity index (χ1v) is 11.7. The minimum Gasteiger partial charge on any atom is -0.303 e. The molecule has 3 fully saturated rings. The van der Waals surface area contributed by atoms with Crippen molar-refractivity contribution >= 4 is 10.0 Å². The molecule has 0 aromatic heterocycles. The third-order valence-corrected chi connectivity index (χ3v) is 8.18. The summed E-state index contributed by atoms with van der Waals surface area (Å²) in [6.07, 6.45) is 3.70. The summed E-state index contributed by atoms with van der Waals surface area (Å²) in [7, 11) is -3.21. The summed E-state index contributed by atoms with van der Waals surface area (Å²) in [4.78, 5) is 5.17. The van der Waals surface area contributed by atoms with Crippen molar-refractivity contribution in [3.05, 3.63) is 35.9 Å². The van der Waals surface area contributed by atoms with Gasteiger partial charge in [0.2, 0.25) is 10.0 Å². The second-order valence-corrected chi connectivity index (χ2v) is 10.1. The maximum absolute atomic E-state index is 12.8. The summed E-state index contributed by atoms with van der Waals surface area (Å²) >= 11 is 0. The molecule has 26 heavy (non-hydrogen) atoms. The number of piperidine rings is 1. The number of nitrogens with zero attached hydrogens (tertiary/aromatic N) is 3. The molecule has 3 saturated heterocycles. The van der Waals surface area contributed by atoms with Crippen LogP contribution in [-0.2, 0) is 15.8 Å². The molecule has 0 amide bonds. The van der Waals surface area contributed by atoms with Crippen LogP contribution < -0.4 is 0 Å². The quantitative estimate of drug-likeness (QED) is 0.761. The summed E-state index contributed by atoms with van der Waals surface area (Å²) < 4.78 is 27.4. The van der Waals surface area contributed by atoms with E-state index in [1.54, 1.807) is 4.31 Å². The van der Waals surface area contributed by atoms with Gasteiger partial charge in [-0.05, 0) is 44.5 Å². The van der Waals surface area contributed by atoms with E-state index >= 15 is 0 Å². The van der Waals surface area contributed by atoms with Gasteiger partial charge in [0.05, 0.1) is 5.75 Å². The van der Waals surface area contributed by atoms with Gasteiger partial charge < -0.3 is 4.90 Å². The van der Waals surface area contributed by atoms with Gasteiger partial charge in [-0.1, -0.05) is 37.3 Å². The van der Waals surface area contributed by atoms with Crippen LogP contribution in [0.25, 0.3) is 0 Å². The topological polar surface area (TPSA) is 43.9 Å². The smallest absolute Gasteiger partial charge is 0.218 e. The van der Waals surface area contributed by atoms with E-state index in [1.807, 2.05) is 30.3 Å². The highest BCUT2D eigenvalue weighted by Crippen LogP contribution is 2.37. The van der Waals surface area contributed by atoms with E-state index in [2.05, 4.69) is 16.7 Å². The zero-order chi connectivity index (χ0) is 18.1. The zero-order valence-corrected chi connectivity index (χ0v) is 16.6. The van der Waals surface area contributed by atoms with Crippen molar-refractivity contribution in [3.63, 3.8) is 0 Å². The number of likely N-dealkylation sites (tertiary alicyclic amines) is 2. The van der Waals surface area contributed by atoms with Crippen molar-refractivity contribution in [2.45, 2.75) is 44.0 Å². The van der Waals surface area contributed by atoms with Crippen LogP contribution in [0.5, 0.6) is 0 Å². The molecule has 6 heteroatoms. The number of sulfonamides is 1. The molecule has 5 nitrogen and oxygen atoms in total. The third kappa shape index (κ3) is 3.70. The summed E-state index contributed by atoms with van der Waals surface area (Å²) in [5.74, 6) is 0.664. The van der Waals surface area contributed by atoms with E-state index in [4.69, 9.17) is 0 Å². The van der Waals surface area contributed by atoms with Crippen molar-refractivity contribution in [2.75, 3.05) is 39.3 Å². The molecule has 3 aliphatic rings. The zero-order valence-electron chi connectivity index (χ0n) is 15.8. The van der Waals surface area contributed by atoms with Crippen molar-refractivity contribution in [1.29, 1.82) is 0 Å². The van der Waals surface area contributed by atoms with Gasteiger partial charge in [-0.15, -0.1) is 0 Å². The van der Waals surface area contributed by atoms with Crippen LogP contribution in [-0.4, -0.2) is 73.9 Å². The van der Waals surface area contributed by atoms with Gasteiger partial charge in [-0.25, -0.2) is 8.42 Å². The fourth-order valence-electron chi connectivity index (χ4n) is 4.95. The fraction of sp³-hybridized carbons (Fsp3) is 0.700. The summed E-state index contributed by atoms with van der Waals surface area (Å²) in [5.41, 5.74) is 0.881. The highest BCUT2D eigenvalue weighted by atomic mass is 32.2. The van der Waals surface area contributed by atoms with E-state index in [0.717, 1.165) is 12.1 Å². The summed E-state index contributed by atoms with van der Waals surface area (Å²) in [5, 5.41) is 0. The summed E-state index contributed by atoms with van der Waals surface area (Å²) in [6, 6.07) is 10.6. The van der Waals surface area contributed by atoms with Gasteiger partial charge in [-0.2, -0.15) is 4.31 Å². The number of benzene rings is 1. The molecular formula is C20H31N3O2S. The number of rotatable bonds is 6. The predicted octanol–water partition coefficient (Wildman–Crippen LogP) is 2.01. The fourth-order valence-corrected chi connectivity index (χ4v) is 6.55. The maximum atomic E-state index is 12.8. The minimum absolute atomic E-state index is 0.128. The standard InChI is InChI=1S/C20H31N3O2S/c1-2-10-21-11-8-19(9-12-21)23-14-18-13-22(15-20(18)23)26(24,25)16-17-6-4-3-5-7-17/h3-7,18-20H,2,8-16H2,1H3/t18-,20+/m0/s1. The van der Waals surface area contributed by atoms with Crippen LogP contribution in [0.1, 0.15) is 31.7 Å². The second-order valence-electron chi connectivity index (χ2n) is 8.16. The normalized spacial score (nSPS) is 28.8. The Morgan fingerprint density at radius 3 is 2.46 bits per heavy atom. The average molecular weight is 378 g/mol. The van der Waals surface area contributed by atoms with Crippen LogP contribution >= 0.6 is 0 Å². The molecule has 4 rings (SSSR count). The van der Waals surface area contributed by atoms with Crippen LogP contribution in [0.3, 0.4) is 0 Å². The van der Waals surface area contributed by atoms with Crippen LogP contribution in [0.4, 0.5) is 0 Å². The average Bonchev–Trinajstić information content (AvgIpc) is 2.95. The summed E-state index contributed by atoms with van der Waals surface area (Å²) in [6.45, 7) is 8.34. The molecule has 144 valence electrons. The third-order valence-electron chi connectivity index (χ3n) is 6.40. The number of fused-ring (bicyclic) bond motifs is 1. The van der Waals surface area contributed by atoms with E-state index in [0.29, 0.717) is 31.1 Å². The lowest BCUT2D eigenvalue weighted by atomic mass is 9.87. The van der Waals surface area contributed by atoms with E-state index < -0.39 is 10.0 Å². The Hall–Kier alpha value is -0.950. The molecule has 2 atom stereocenters. The Labute approximate surface area is 158 Å². The molecule has 1 aromatic carbocycles. The second kappa shape index (κ2) is 7.58. The Bertz CT molecular complexity index is 701. The van der Waals surface area contributed by atoms with Gasteiger partial charge in [0.1, 0.15) is 0 Å². The van der Waals surface area contributed by atoms with Gasteiger partial charge in [-0.3, -0.25) is 4.90 Å². The number of hydrogen-bond acceptors (Lipinski definition) is 4. The van der Waals surface area contributed by atoms with E-state index in [9.17, 15) is 8.42 Å². The van der Waals surface area contributed by atoms with Crippen LogP contribution in [0.15, 0.2) is 30.3 Å². The SMILES string of the molecule is CCCN1CCC(N2C[C@@H]3CN(S(=O)(=O)Cc4ccccc4)C[C@H]32)CC1. The lowest BCUT2D eigenvalue weighted by Crippen LogP contribution is -2.61. The van der Waals surface area contributed by atoms with Crippen LogP contribution in [0, 0.1) is 5.92 Å². The molecule has 0 radical (unpaired) electrons. The Balaban J connectivity index is 1.33. The number of hydrogen-bond donors (Lipinski definition) is 0. The van der Waals surface area contributed by atoms with Gasteiger partial charge in [0.15, 0.2) is 0 Å². The first-order chi connectivity index (χ1) is 12.6. The highest BCUT2D eigenvalue weighted by molar-refractivity contribution is 7.88. The lowest BCUT2D eigenvalue weighted by Gasteiger charge is -2.50. The van der Waals surface area contributed by atoms with Crippen molar-refractivity contribution < 1.29 is 8.42 Å². The Morgan fingerprint density at radius 2 is 1.77 bits per heavy atom. The van der Waals surface area contributed by atoms with E-state index in [1.165, 1.54) is 38.9 Å². The maximum Gasteiger partial charge on any atom is 0.218 e. The molecule has 3 heterocycles. The highest BCUT2D eigenvalue weighted by Gasteiger charge is 2.50. The molecule has 0 aliphatic carbocycles. The monoisotopic (exact) mass is 377 g/mol. The van der Waals surface area contributed by atoms with Gasteiger partial charge in [0, 0.05) is 37.6 Å². The Kier molecular flexibility index (Phi) is 5.37.